The zero-order valence-corrected chi connectivity index (χ0v) is 16.2. The van der Waals surface area contributed by atoms with Crippen LogP contribution in [0.25, 0.3) is 0 Å². The molecule has 0 N–H and O–H groups in total. The Morgan fingerprint density at radius 2 is 1.64 bits per heavy atom. The van der Waals surface area contributed by atoms with Gasteiger partial charge in [0.25, 0.3) is 0 Å². The summed E-state index contributed by atoms with van der Waals surface area (Å²) < 4.78 is 1.36. The van der Waals surface area contributed by atoms with E-state index in [2.05, 4.69) is 53.8 Å². The maximum Gasteiger partial charge on any atom is 0.0130 e. The molecule has 2 fully saturated rings. The standard InChI is InChI=1S/C21H31I/c1-2-3-4-5-16-6-7-20-15-19(9-8-18(20)14-16)17-10-12-21(22)13-11-17/h10-13,16,18-20H,2-9,14-15H2,1H3/t16-,18-,19+,20?/m0/s1. The van der Waals surface area contributed by atoms with Gasteiger partial charge in [-0.15, -0.1) is 0 Å². The predicted octanol–water partition coefficient (Wildman–Crippen LogP) is 7.17. The third-order valence-electron chi connectivity index (χ3n) is 6.28. The van der Waals surface area contributed by atoms with Gasteiger partial charge in [0.05, 0.1) is 0 Å². The lowest BCUT2D eigenvalue weighted by molar-refractivity contribution is 0.113. The van der Waals surface area contributed by atoms with E-state index in [9.17, 15) is 0 Å². The second-order valence-corrected chi connectivity index (χ2v) is 9.00. The fraction of sp³-hybridized carbons (Fsp3) is 0.714. The summed E-state index contributed by atoms with van der Waals surface area (Å²) >= 11 is 2.41. The third-order valence-corrected chi connectivity index (χ3v) is 7.00. The Morgan fingerprint density at radius 1 is 0.909 bits per heavy atom. The smallest absolute Gasteiger partial charge is 0.0130 e. The van der Waals surface area contributed by atoms with Crippen LogP contribution in [-0.4, -0.2) is 0 Å². The predicted molar refractivity (Wildman–Crippen MR) is 104 cm³/mol. The molecule has 1 aromatic carbocycles. The number of rotatable bonds is 5. The lowest BCUT2D eigenvalue weighted by Crippen LogP contribution is -2.30. The van der Waals surface area contributed by atoms with Gasteiger partial charge in [0.15, 0.2) is 0 Å². The molecule has 0 radical (unpaired) electrons. The molecule has 0 amide bonds. The van der Waals surface area contributed by atoms with Gasteiger partial charge in [-0.25, -0.2) is 0 Å². The number of benzene rings is 1. The lowest BCUT2D eigenvalue weighted by Gasteiger charge is -2.42. The summed E-state index contributed by atoms with van der Waals surface area (Å²) in [6.45, 7) is 2.32. The maximum atomic E-state index is 2.41. The Labute approximate surface area is 150 Å². The molecule has 0 heterocycles. The summed E-state index contributed by atoms with van der Waals surface area (Å²) in [6, 6.07) is 9.32. The summed E-state index contributed by atoms with van der Waals surface area (Å²) in [5.41, 5.74) is 1.60. The molecule has 2 aliphatic rings. The van der Waals surface area contributed by atoms with Crippen LogP contribution in [0.5, 0.6) is 0 Å². The fourth-order valence-electron chi connectivity index (χ4n) is 4.97. The van der Waals surface area contributed by atoms with E-state index in [1.807, 2.05) is 0 Å². The van der Waals surface area contributed by atoms with Gasteiger partial charge in [-0.05, 0) is 96.1 Å². The van der Waals surface area contributed by atoms with Crippen LogP contribution in [0, 0.1) is 21.3 Å². The highest BCUT2D eigenvalue weighted by molar-refractivity contribution is 14.1. The van der Waals surface area contributed by atoms with Crippen molar-refractivity contribution in [3.63, 3.8) is 0 Å². The lowest BCUT2D eigenvalue weighted by atomic mass is 9.63. The minimum atomic E-state index is 0.842. The minimum Gasteiger partial charge on any atom is -0.0654 e. The Morgan fingerprint density at radius 3 is 2.41 bits per heavy atom. The summed E-state index contributed by atoms with van der Waals surface area (Å²) in [5.74, 6) is 3.98. The second kappa shape index (κ2) is 8.17. The van der Waals surface area contributed by atoms with Gasteiger partial charge in [-0.1, -0.05) is 51.2 Å². The van der Waals surface area contributed by atoms with Gasteiger partial charge in [0, 0.05) is 3.57 Å². The SMILES string of the molecule is CCCCC[C@H]1CCC2C[C@H](c3ccc(I)cc3)CC[C@H]2C1. The van der Waals surface area contributed by atoms with Gasteiger partial charge in [-0.2, -0.15) is 0 Å². The molecule has 3 rings (SSSR count). The van der Waals surface area contributed by atoms with Crippen LogP contribution in [0.15, 0.2) is 24.3 Å². The van der Waals surface area contributed by atoms with Gasteiger partial charge in [-0.3, -0.25) is 0 Å². The van der Waals surface area contributed by atoms with Crippen LogP contribution < -0.4 is 0 Å². The van der Waals surface area contributed by atoms with E-state index >= 15 is 0 Å². The Hall–Kier alpha value is -0.0500. The molecule has 1 heteroatoms. The van der Waals surface area contributed by atoms with Crippen molar-refractivity contribution in [1.82, 2.24) is 0 Å². The molecular formula is C21H31I. The first kappa shape index (κ1) is 16.8. The van der Waals surface area contributed by atoms with E-state index in [4.69, 9.17) is 0 Å². The molecular weight excluding hydrogens is 379 g/mol. The van der Waals surface area contributed by atoms with Crippen molar-refractivity contribution in [2.45, 2.75) is 77.0 Å². The maximum absolute atomic E-state index is 2.41. The highest BCUT2D eigenvalue weighted by atomic mass is 127. The summed E-state index contributed by atoms with van der Waals surface area (Å²) in [6.07, 6.45) is 14.8. The largest absolute Gasteiger partial charge is 0.0654 e. The van der Waals surface area contributed by atoms with E-state index < -0.39 is 0 Å². The minimum absolute atomic E-state index is 0.842. The van der Waals surface area contributed by atoms with E-state index in [0.717, 1.165) is 23.7 Å². The zero-order valence-electron chi connectivity index (χ0n) is 14.1. The molecule has 1 aromatic rings. The number of fused-ring (bicyclic) bond motifs is 1. The highest BCUT2D eigenvalue weighted by Crippen LogP contribution is 2.48. The van der Waals surface area contributed by atoms with Gasteiger partial charge in [0.2, 0.25) is 0 Å². The molecule has 2 aliphatic carbocycles. The molecule has 22 heavy (non-hydrogen) atoms. The van der Waals surface area contributed by atoms with Crippen molar-refractivity contribution < 1.29 is 0 Å². The van der Waals surface area contributed by atoms with E-state index in [-0.39, 0.29) is 0 Å². The summed E-state index contributed by atoms with van der Waals surface area (Å²) in [7, 11) is 0. The van der Waals surface area contributed by atoms with Gasteiger partial charge < -0.3 is 0 Å². The van der Waals surface area contributed by atoms with Crippen LogP contribution in [0.2, 0.25) is 0 Å². The Balaban J connectivity index is 1.52. The van der Waals surface area contributed by atoms with Crippen molar-refractivity contribution in [3.8, 4) is 0 Å². The van der Waals surface area contributed by atoms with Crippen molar-refractivity contribution in [1.29, 1.82) is 0 Å². The molecule has 2 saturated carbocycles. The zero-order chi connectivity index (χ0) is 15.4. The van der Waals surface area contributed by atoms with Crippen molar-refractivity contribution in [3.05, 3.63) is 33.4 Å². The average molecular weight is 410 g/mol. The van der Waals surface area contributed by atoms with E-state index in [1.165, 1.54) is 61.4 Å². The number of unbranched alkanes of at least 4 members (excludes halogenated alkanes) is 2. The molecule has 0 spiro atoms. The number of hydrogen-bond acceptors (Lipinski definition) is 0. The van der Waals surface area contributed by atoms with Crippen LogP contribution in [0.4, 0.5) is 0 Å². The van der Waals surface area contributed by atoms with Crippen molar-refractivity contribution >= 4 is 22.6 Å². The van der Waals surface area contributed by atoms with Crippen LogP contribution in [0.3, 0.4) is 0 Å². The van der Waals surface area contributed by atoms with E-state index in [1.54, 1.807) is 12.0 Å². The Kier molecular flexibility index (Phi) is 6.24. The fourth-order valence-corrected chi connectivity index (χ4v) is 5.33. The topological polar surface area (TPSA) is 0 Å². The first-order valence-corrected chi connectivity index (χ1v) is 10.6. The molecule has 0 bridgehead atoms. The van der Waals surface area contributed by atoms with Crippen LogP contribution in [0.1, 0.15) is 82.6 Å². The molecule has 1 unspecified atom stereocenters. The summed E-state index contributed by atoms with van der Waals surface area (Å²) in [4.78, 5) is 0. The highest BCUT2D eigenvalue weighted by Gasteiger charge is 2.35. The van der Waals surface area contributed by atoms with Crippen LogP contribution in [-0.2, 0) is 0 Å². The molecule has 0 nitrogen and oxygen atoms in total. The Bertz CT molecular complexity index is 449. The quantitative estimate of drug-likeness (QED) is 0.357. The summed E-state index contributed by atoms with van der Waals surface area (Å²) in [5, 5.41) is 0. The normalized spacial score (nSPS) is 31.7. The molecule has 0 saturated heterocycles. The molecule has 0 aliphatic heterocycles. The van der Waals surface area contributed by atoms with Gasteiger partial charge >= 0.3 is 0 Å². The number of halogens is 1. The van der Waals surface area contributed by atoms with E-state index in [0.29, 0.717) is 0 Å². The van der Waals surface area contributed by atoms with Gasteiger partial charge in [0.1, 0.15) is 0 Å². The first-order chi connectivity index (χ1) is 10.8. The monoisotopic (exact) mass is 410 g/mol. The van der Waals surface area contributed by atoms with Crippen molar-refractivity contribution in [2.24, 2.45) is 17.8 Å². The third kappa shape index (κ3) is 4.27. The molecule has 4 atom stereocenters. The average Bonchev–Trinajstić information content (AvgIpc) is 2.55. The van der Waals surface area contributed by atoms with Crippen LogP contribution >= 0.6 is 22.6 Å². The molecule has 0 aromatic heterocycles. The molecule has 122 valence electrons. The first-order valence-electron chi connectivity index (χ1n) is 9.51. The van der Waals surface area contributed by atoms with Crippen molar-refractivity contribution in [2.75, 3.05) is 0 Å². The number of hydrogen-bond donors (Lipinski definition) is 0. The second-order valence-electron chi connectivity index (χ2n) is 7.76.